The molecule has 0 unspecified atom stereocenters. The molecule has 11 aromatic rings. The van der Waals surface area contributed by atoms with Gasteiger partial charge in [-0.2, -0.15) is 0 Å². The van der Waals surface area contributed by atoms with Crippen LogP contribution in [0, 0.1) is 0 Å². The van der Waals surface area contributed by atoms with Crippen molar-refractivity contribution in [3.63, 3.8) is 0 Å². The number of hydrogen-bond donors (Lipinski definition) is 0. The summed E-state index contributed by atoms with van der Waals surface area (Å²) in [7, 11) is 0. The predicted octanol–water partition coefficient (Wildman–Crippen LogP) is 15.6. The molecule has 3 heteroatoms. The fourth-order valence-corrected chi connectivity index (χ4v) is 9.93. The second-order valence-electron chi connectivity index (χ2n) is 17.2. The van der Waals surface area contributed by atoms with E-state index in [-0.39, 0.29) is 5.41 Å². The number of aromatic nitrogens is 3. The minimum Gasteiger partial charge on any atom is -0.208 e. The molecule has 12 rings (SSSR count). The Bertz CT molecular complexity index is 3570. The average Bonchev–Trinajstić information content (AvgIpc) is 3.58. The van der Waals surface area contributed by atoms with E-state index >= 15 is 0 Å². The Morgan fingerprint density at radius 1 is 0.286 bits per heavy atom. The predicted molar refractivity (Wildman–Crippen MR) is 263 cm³/mol. The van der Waals surface area contributed by atoms with E-state index in [1.165, 1.54) is 65.7 Å². The van der Waals surface area contributed by atoms with Gasteiger partial charge in [-0.15, -0.1) is 0 Å². The highest BCUT2D eigenvalue weighted by Crippen LogP contribution is 2.49. The quantitative estimate of drug-likeness (QED) is 0.124. The lowest BCUT2D eigenvalue weighted by atomic mass is 9.82. The van der Waals surface area contributed by atoms with Gasteiger partial charge in [0.25, 0.3) is 0 Å². The van der Waals surface area contributed by atoms with Crippen molar-refractivity contribution < 1.29 is 0 Å². The molecule has 0 bridgehead atoms. The van der Waals surface area contributed by atoms with Crippen molar-refractivity contribution >= 4 is 32.3 Å². The molecule has 1 heterocycles. The molecule has 0 amide bonds. The SMILES string of the molecule is CC1(C)c2ccccc2-c2cc(-c3nc(-c4ccc(-c5ccc(-c6c7ccccc7cc7c6ccc6ccccc67)cc5)cc4)nc(-c4ccccc4-c4ccccc4)n3)ccc21. The Balaban J connectivity index is 0.944. The highest BCUT2D eigenvalue weighted by atomic mass is 15.0. The first-order valence-corrected chi connectivity index (χ1v) is 21.7. The van der Waals surface area contributed by atoms with Crippen molar-refractivity contribution in [1.29, 1.82) is 0 Å². The van der Waals surface area contributed by atoms with E-state index in [0.29, 0.717) is 17.5 Å². The normalized spacial score (nSPS) is 12.7. The van der Waals surface area contributed by atoms with Gasteiger partial charge < -0.3 is 0 Å². The van der Waals surface area contributed by atoms with Gasteiger partial charge in [0.2, 0.25) is 0 Å². The van der Waals surface area contributed by atoms with Crippen LogP contribution in [0.4, 0.5) is 0 Å². The summed E-state index contributed by atoms with van der Waals surface area (Å²) in [6, 6.07) is 76.3. The number of nitrogens with zero attached hydrogens (tertiary/aromatic N) is 3. The molecule has 63 heavy (non-hydrogen) atoms. The third kappa shape index (κ3) is 6.15. The third-order valence-corrected chi connectivity index (χ3v) is 13.1. The first-order chi connectivity index (χ1) is 31.0. The molecular formula is C60H41N3. The van der Waals surface area contributed by atoms with Crippen molar-refractivity contribution in [2.45, 2.75) is 19.3 Å². The van der Waals surface area contributed by atoms with E-state index in [1.54, 1.807) is 0 Å². The molecule has 296 valence electrons. The highest BCUT2D eigenvalue weighted by molar-refractivity contribution is 6.20. The molecule has 1 aliphatic rings. The van der Waals surface area contributed by atoms with Crippen LogP contribution in [-0.2, 0) is 5.41 Å². The van der Waals surface area contributed by atoms with Gasteiger partial charge in [0.05, 0.1) is 0 Å². The lowest BCUT2D eigenvalue weighted by molar-refractivity contribution is 0.660. The zero-order valence-electron chi connectivity index (χ0n) is 35.0. The smallest absolute Gasteiger partial charge is 0.164 e. The molecule has 10 aromatic carbocycles. The van der Waals surface area contributed by atoms with Crippen LogP contribution < -0.4 is 0 Å². The van der Waals surface area contributed by atoms with Crippen LogP contribution in [-0.4, -0.2) is 15.0 Å². The van der Waals surface area contributed by atoms with E-state index in [0.717, 1.165) is 38.9 Å². The van der Waals surface area contributed by atoms with Crippen LogP contribution in [0.25, 0.3) is 111 Å². The van der Waals surface area contributed by atoms with Gasteiger partial charge in [-0.05, 0) is 100 Å². The van der Waals surface area contributed by atoms with Gasteiger partial charge in [0, 0.05) is 22.1 Å². The Morgan fingerprint density at radius 3 is 1.59 bits per heavy atom. The van der Waals surface area contributed by atoms with E-state index in [2.05, 4.69) is 220 Å². The van der Waals surface area contributed by atoms with Crippen LogP contribution in [0.2, 0.25) is 0 Å². The highest BCUT2D eigenvalue weighted by Gasteiger charge is 2.35. The molecule has 1 aromatic heterocycles. The minimum atomic E-state index is -0.0871. The van der Waals surface area contributed by atoms with Gasteiger partial charge in [0.15, 0.2) is 17.5 Å². The largest absolute Gasteiger partial charge is 0.208 e. The lowest BCUT2D eigenvalue weighted by Gasteiger charge is -2.21. The van der Waals surface area contributed by atoms with Gasteiger partial charge in [0.1, 0.15) is 0 Å². The van der Waals surface area contributed by atoms with Crippen molar-refractivity contribution in [1.82, 2.24) is 15.0 Å². The van der Waals surface area contributed by atoms with E-state index < -0.39 is 0 Å². The summed E-state index contributed by atoms with van der Waals surface area (Å²) in [5.74, 6) is 1.93. The molecule has 0 N–H and O–H groups in total. The summed E-state index contributed by atoms with van der Waals surface area (Å²) >= 11 is 0. The second kappa shape index (κ2) is 14.6. The van der Waals surface area contributed by atoms with Crippen molar-refractivity contribution in [2.75, 3.05) is 0 Å². The number of benzene rings is 10. The number of fused-ring (bicyclic) bond motifs is 7. The molecule has 1 aliphatic carbocycles. The third-order valence-electron chi connectivity index (χ3n) is 13.1. The molecule has 0 saturated carbocycles. The van der Waals surface area contributed by atoms with Crippen LogP contribution >= 0.6 is 0 Å². The van der Waals surface area contributed by atoms with Crippen molar-refractivity contribution in [3.05, 3.63) is 223 Å². The fraction of sp³-hybridized carbons (Fsp3) is 0.0500. The Labute approximate surface area is 367 Å². The molecule has 3 nitrogen and oxygen atoms in total. The number of rotatable bonds is 6. The molecule has 0 fully saturated rings. The summed E-state index contributed by atoms with van der Waals surface area (Å²) in [6.45, 7) is 4.62. The topological polar surface area (TPSA) is 38.7 Å². The summed E-state index contributed by atoms with van der Waals surface area (Å²) in [5, 5.41) is 7.58. The molecule has 0 radical (unpaired) electrons. The van der Waals surface area contributed by atoms with Crippen LogP contribution in [0.1, 0.15) is 25.0 Å². The van der Waals surface area contributed by atoms with E-state index in [9.17, 15) is 0 Å². The molecule has 0 atom stereocenters. The first kappa shape index (κ1) is 36.8. The van der Waals surface area contributed by atoms with Crippen LogP contribution in [0.3, 0.4) is 0 Å². The Hall–Kier alpha value is -8.01. The Morgan fingerprint density at radius 2 is 0.825 bits per heavy atom. The van der Waals surface area contributed by atoms with Gasteiger partial charge in [-0.1, -0.05) is 214 Å². The summed E-state index contributed by atoms with van der Waals surface area (Å²) in [6.07, 6.45) is 0. The van der Waals surface area contributed by atoms with Gasteiger partial charge in [-0.25, -0.2) is 15.0 Å². The van der Waals surface area contributed by atoms with Gasteiger partial charge >= 0.3 is 0 Å². The van der Waals surface area contributed by atoms with Crippen LogP contribution in [0.5, 0.6) is 0 Å². The summed E-state index contributed by atoms with van der Waals surface area (Å²) in [5.41, 5.74) is 14.9. The minimum absolute atomic E-state index is 0.0871. The zero-order valence-corrected chi connectivity index (χ0v) is 35.0. The summed E-state index contributed by atoms with van der Waals surface area (Å²) < 4.78 is 0. The van der Waals surface area contributed by atoms with E-state index in [1.807, 2.05) is 6.07 Å². The first-order valence-electron chi connectivity index (χ1n) is 21.7. The van der Waals surface area contributed by atoms with Crippen LogP contribution in [0.15, 0.2) is 212 Å². The lowest BCUT2D eigenvalue weighted by Crippen LogP contribution is -2.14. The number of hydrogen-bond acceptors (Lipinski definition) is 3. The molecular weight excluding hydrogens is 763 g/mol. The molecule has 0 saturated heterocycles. The maximum atomic E-state index is 5.23. The molecule has 0 aliphatic heterocycles. The zero-order chi connectivity index (χ0) is 42.1. The Kier molecular flexibility index (Phi) is 8.52. The van der Waals surface area contributed by atoms with Crippen molar-refractivity contribution in [3.8, 4) is 78.7 Å². The second-order valence-corrected chi connectivity index (χ2v) is 17.2. The van der Waals surface area contributed by atoms with E-state index in [4.69, 9.17) is 15.0 Å². The van der Waals surface area contributed by atoms with Gasteiger partial charge in [-0.3, -0.25) is 0 Å². The fourth-order valence-electron chi connectivity index (χ4n) is 9.93. The maximum Gasteiger partial charge on any atom is 0.164 e. The van der Waals surface area contributed by atoms with Crippen molar-refractivity contribution in [2.24, 2.45) is 0 Å². The monoisotopic (exact) mass is 803 g/mol. The molecule has 0 spiro atoms. The maximum absolute atomic E-state index is 5.23. The standard InChI is InChI=1S/C60H41N3/c1-60(2)54-23-13-12-21-49(54)53-37-45(33-35-55(53)60)58-61-57(62-59(63-58)51-22-11-10-18-46(51)40-14-4-3-5-15-40)43-30-26-39(27-31-43)38-24-28-42(29-25-38)56-48-20-9-7-17-44(48)36-52-47-19-8-6-16-41(47)32-34-50(52)56/h3-37H,1-2H3. The summed E-state index contributed by atoms with van der Waals surface area (Å²) in [4.78, 5) is 15.7. The average molecular weight is 804 g/mol.